The van der Waals surface area contributed by atoms with Gasteiger partial charge in [-0.1, -0.05) is 6.92 Å². The predicted octanol–water partition coefficient (Wildman–Crippen LogP) is 3.25. The fourth-order valence-corrected chi connectivity index (χ4v) is 5.32. The number of imidazole rings is 1. The molecule has 162 valence electrons. The predicted molar refractivity (Wildman–Crippen MR) is 117 cm³/mol. The zero-order chi connectivity index (χ0) is 21.2. The molecular formula is C23H28N6O2. The van der Waals surface area contributed by atoms with Crippen LogP contribution in [-0.2, 0) is 22.4 Å². The van der Waals surface area contributed by atoms with Gasteiger partial charge < -0.3 is 14.6 Å². The molecule has 3 aliphatic rings. The van der Waals surface area contributed by atoms with Gasteiger partial charge in [0.15, 0.2) is 11.5 Å². The molecule has 1 saturated carbocycles. The Balaban J connectivity index is 1.24. The quantitative estimate of drug-likeness (QED) is 0.675. The highest BCUT2D eigenvalue weighted by Gasteiger charge is 2.53. The number of rotatable bonds is 4. The summed E-state index contributed by atoms with van der Waals surface area (Å²) in [6.07, 6.45) is 7.62. The summed E-state index contributed by atoms with van der Waals surface area (Å²) in [6.45, 7) is 3.87. The summed E-state index contributed by atoms with van der Waals surface area (Å²) < 4.78 is 5.40. The molecular weight excluding hydrogens is 392 g/mol. The highest BCUT2D eigenvalue weighted by atomic mass is 16.5. The molecule has 2 fully saturated rings. The van der Waals surface area contributed by atoms with E-state index in [0.29, 0.717) is 23.4 Å². The fourth-order valence-electron chi connectivity index (χ4n) is 5.32. The maximum absolute atomic E-state index is 12.8. The van der Waals surface area contributed by atoms with Crippen molar-refractivity contribution >= 4 is 22.8 Å². The first-order chi connectivity index (χ1) is 15.0. The molecule has 0 radical (unpaired) electrons. The Labute approximate surface area is 180 Å². The average molecular weight is 421 g/mol. The second kappa shape index (κ2) is 6.88. The number of amides is 1. The minimum absolute atomic E-state index is 0.113. The largest absolute Gasteiger partial charge is 0.381 e. The highest BCUT2D eigenvalue weighted by molar-refractivity contribution is 5.94. The number of ether oxygens (including phenoxy) is 1. The summed E-state index contributed by atoms with van der Waals surface area (Å²) in [5, 5.41) is 7.82. The van der Waals surface area contributed by atoms with Gasteiger partial charge in [0.2, 0.25) is 5.91 Å². The summed E-state index contributed by atoms with van der Waals surface area (Å²) in [5.41, 5.74) is 6.16. The molecule has 6 rings (SSSR count). The summed E-state index contributed by atoms with van der Waals surface area (Å²) >= 11 is 0. The van der Waals surface area contributed by atoms with Crippen molar-refractivity contribution in [3.8, 4) is 11.5 Å². The van der Waals surface area contributed by atoms with Crippen LogP contribution in [0.2, 0.25) is 0 Å². The van der Waals surface area contributed by atoms with Crippen LogP contribution in [0.1, 0.15) is 43.9 Å². The van der Waals surface area contributed by atoms with Crippen LogP contribution in [0.4, 0.5) is 5.69 Å². The van der Waals surface area contributed by atoms with Crippen molar-refractivity contribution in [2.24, 2.45) is 17.3 Å². The van der Waals surface area contributed by atoms with Gasteiger partial charge in [-0.15, -0.1) is 0 Å². The molecule has 4 heterocycles. The van der Waals surface area contributed by atoms with Crippen molar-refractivity contribution in [3.63, 3.8) is 0 Å². The van der Waals surface area contributed by atoms with Gasteiger partial charge in [-0.25, -0.2) is 9.97 Å². The third kappa shape index (κ3) is 3.24. The topological polar surface area (TPSA) is 99.8 Å². The molecule has 0 unspecified atom stereocenters. The first-order valence-electron chi connectivity index (χ1n) is 11.3. The van der Waals surface area contributed by atoms with Crippen LogP contribution >= 0.6 is 0 Å². The van der Waals surface area contributed by atoms with Crippen molar-refractivity contribution in [3.05, 3.63) is 23.5 Å². The first-order valence-corrected chi connectivity index (χ1v) is 11.3. The standard InChI is InChI=1S/C23H28N6O2/c1-23-10-14(23)8-16-18(11-23)27-28-20(16)22-25-17-9-15(12-24-21(17)26-22)29(2)19(30)7-13-3-5-31-6-4-13/h9,12-14H,3-8,10-11H2,1-2H3,(H,27,28)(H,24,25,26)/t14-,23-/m1/s1. The highest BCUT2D eigenvalue weighted by Crippen LogP contribution is 2.59. The van der Waals surface area contributed by atoms with E-state index in [1.165, 1.54) is 17.7 Å². The SMILES string of the molecule is CN(C(=O)CC1CCOCC1)c1cnc2nc(-c3n[nH]c4c3C[C@@H]3C[C@]3(C)C4)[nH]c2c1. The molecule has 1 aliphatic heterocycles. The molecule has 31 heavy (non-hydrogen) atoms. The van der Waals surface area contributed by atoms with E-state index in [4.69, 9.17) is 9.72 Å². The summed E-state index contributed by atoms with van der Waals surface area (Å²) in [6, 6.07) is 1.96. The van der Waals surface area contributed by atoms with Crippen LogP contribution in [0.3, 0.4) is 0 Å². The molecule has 3 aromatic rings. The van der Waals surface area contributed by atoms with Gasteiger partial charge in [0.05, 0.1) is 17.4 Å². The Kier molecular flexibility index (Phi) is 4.21. The van der Waals surface area contributed by atoms with Gasteiger partial charge in [0.25, 0.3) is 0 Å². The maximum atomic E-state index is 12.8. The van der Waals surface area contributed by atoms with E-state index < -0.39 is 0 Å². The van der Waals surface area contributed by atoms with Crippen molar-refractivity contribution in [2.75, 3.05) is 25.2 Å². The zero-order valence-corrected chi connectivity index (χ0v) is 18.1. The molecule has 0 spiro atoms. The second-order valence-electron chi connectivity index (χ2n) is 9.83. The molecule has 0 aromatic carbocycles. The minimum atomic E-state index is 0.113. The van der Waals surface area contributed by atoms with Crippen molar-refractivity contribution in [2.45, 2.75) is 45.4 Å². The summed E-state index contributed by atoms with van der Waals surface area (Å²) in [4.78, 5) is 27.1. The van der Waals surface area contributed by atoms with E-state index in [-0.39, 0.29) is 5.91 Å². The molecule has 1 saturated heterocycles. The number of nitrogens with zero attached hydrogens (tertiary/aromatic N) is 4. The van der Waals surface area contributed by atoms with E-state index >= 15 is 0 Å². The third-order valence-electron chi connectivity index (χ3n) is 7.63. The van der Waals surface area contributed by atoms with Gasteiger partial charge in [-0.3, -0.25) is 9.89 Å². The van der Waals surface area contributed by atoms with Crippen LogP contribution in [0, 0.1) is 17.3 Å². The van der Waals surface area contributed by atoms with Gasteiger partial charge in [-0.05, 0) is 55.4 Å². The lowest BCUT2D eigenvalue weighted by molar-refractivity contribution is -0.119. The van der Waals surface area contributed by atoms with Crippen LogP contribution < -0.4 is 4.90 Å². The number of carbonyl (C=O) groups is 1. The van der Waals surface area contributed by atoms with Gasteiger partial charge in [0.1, 0.15) is 5.69 Å². The van der Waals surface area contributed by atoms with Gasteiger partial charge in [-0.2, -0.15) is 5.10 Å². The summed E-state index contributed by atoms with van der Waals surface area (Å²) in [5.74, 6) is 2.03. The maximum Gasteiger partial charge on any atom is 0.227 e. The molecule has 0 bridgehead atoms. The Morgan fingerprint density at radius 1 is 1.35 bits per heavy atom. The third-order valence-corrected chi connectivity index (χ3v) is 7.63. The molecule has 3 aromatic heterocycles. The molecule has 8 heteroatoms. The number of aromatic nitrogens is 5. The number of aromatic amines is 2. The Morgan fingerprint density at radius 3 is 3.03 bits per heavy atom. The number of pyridine rings is 1. The number of fused-ring (bicyclic) bond motifs is 3. The van der Waals surface area contributed by atoms with Crippen molar-refractivity contribution in [1.29, 1.82) is 0 Å². The molecule has 2 aliphatic carbocycles. The molecule has 1 amide bonds. The van der Waals surface area contributed by atoms with E-state index in [2.05, 4.69) is 27.1 Å². The Morgan fingerprint density at radius 2 is 2.19 bits per heavy atom. The Hall–Kier alpha value is -2.74. The van der Waals surface area contributed by atoms with Crippen molar-refractivity contribution < 1.29 is 9.53 Å². The number of hydrogen-bond acceptors (Lipinski definition) is 5. The fraction of sp³-hybridized carbons (Fsp3) is 0.565. The number of H-pyrrole nitrogens is 2. The monoisotopic (exact) mass is 420 g/mol. The van der Waals surface area contributed by atoms with Crippen LogP contribution in [-0.4, -0.2) is 51.3 Å². The van der Waals surface area contributed by atoms with Crippen LogP contribution in [0.15, 0.2) is 12.3 Å². The lowest BCUT2D eigenvalue weighted by atomic mass is 9.88. The van der Waals surface area contributed by atoms with E-state index in [9.17, 15) is 4.79 Å². The number of hydrogen-bond donors (Lipinski definition) is 2. The Bertz CT molecular complexity index is 1160. The number of nitrogens with one attached hydrogen (secondary N) is 2. The smallest absolute Gasteiger partial charge is 0.227 e. The summed E-state index contributed by atoms with van der Waals surface area (Å²) in [7, 11) is 1.82. The second-order valence-corrected chi connectivity index (χ2v) is 9.83. The minimum Gasteiger partial charge on any atom is -0.381 e. The lowest BCUT2D eigenvalue weighted by Gasteiger charge is -2.24. The first kappa shape index (κ1) is 19.0. The molecule has 2 atom stereocenters. The lowest BCUT2D eigenvalue weighted by Crippen LogP contribution is -2.30. The normalized spacial score (nSPS) is 25.3. The average Bonchev–Trinajstić information content (AvgIpc) is 3.08. The van der Waals surface area contributed by atoms with E-state index in [0.717, 1.165) is 67.5 Å². The molecule has 8 nitrogen and oxygen atoms in total. The number of anilines is 1. The van der Waals surface area contributed by atoms with Crippen LogP contribution in [0.5, 0.6) is 0 Å². The molecule has 2 N–H and O–H groups in total. The number of carbonyl (C=O) groups excluding carboxylic acids is 1. The van der Waals surface area contributed by atoms with E-state index in [1.807, 2.05) is 13.1 Å². The van der Waals surface area contributed by atoms with Gasteiger partial charge >= 0.3 is 0 Å². The van der Waals surface area contributed by atoms with Crippen molar-refractivity contribution in [1.82, 2.24) is 25.1 Å². The van der Waals surface area contributed by atoms with Crippen LogP contribution in [0.25, 0.3) is 22.7 Å². The van der Waals surface area contributed by atoms with Gasteiger partial charge in [0, 0.05) is 37.9 Å². The zero-order valence-electron chi connectivity index (χ0n) is 18.1. The van der Waals surface area contributed by atoms with E-state index in [1.54, 1.807) is 11.1 Å².